The Morgan fingerprint density at radius 2 is 1.43 bits per heavy atom. The molecule has 8 heteroatoms. The molecule has 2 heterocycles. The van der Waals surface area contributed by atoms with Crippen LogP contribution in [0.1, 0.15) is 0 Å². The van der Waals surface area contributed by atoms with Gasteiger partial charge in [-0.25, -0.2) is 20.9 Å². The Labute approximate surface area is 80.0 Å². The van der Waals surface area contributed by atoms with Gasteiger partial charge in [0.2, 0.25) is 0 Å². The molecule has 0 bridgehead atoms. The summed E-state index contributed by atoms with van der Waals surface area (Å²) in [5.41, 5.74) is 3.73. The number of fused-ring (bicyclic) bond motifs is 1. The van der Waals surface area contributed by atoms with Crippen LogP contribution in [0.15, 0.2) is 9.98 Å². The van der Waals surface area contributed by atoms with E-state index in [0.29, 0.717) is 0 Å². The summed E-state index contributed by atoms with van der Waals surface area (Å²) in [5, 5.41) is 23.7. The fourth-order valence-electron chi connectivity index (χ4n) is 1.46. The molecule has 0 spiro atoms. The molecular formula is C6H12N6O2. The summed E-state index contributed by atoms with van der Waals surface area (Å²) < 4.78 is 0. The second kappa shape index (κ2) is 3.88. The summed E-state index contributed by atoms with van der Waals surface area (Å²) >= 11 is 0. The van der Waals surface area contributed by atoms with Gasteiger partial charge < -0.3 is 0 Å². The topological polar surface area (TPSA) is 113 Å². The Morgan fingerprint density at radius 3 is 1.79 bits per heavy atom. The van der Waals surface area contributed by atoms with Gasteiger partial charge in [-0.15, -0.1) is 0 Å². The number of hydroxylamine groups is 2. The molecule has 2 aliphatic rings. The molecule has 2 atom stereocenters. The van der Waals surface area contributed by atoms with Crippen LogP contribution >= 0.6 is 0 Å². The van der Waals surface area contributed by atoms with Crippen LogP contribution in [-0.4, -0.2) is 47.5 Å². The first kappa shape index (κ1) is 9.34. The van der Waals surface area contributed by atoms with Crippen LogP contribution in [0.4, 0.5) is 0 Å². The molecular weight excluding hydrogens is 188 g/mol. The van der Waals surface area contributed by atoms with E-state index in [-0.39, 0.29) is 24.0 Å². The van der Waals surface area contributed by atoms with Crippen LogP contribution in [0.3, 0.4) is 0 Å². The summed E-state index contributed by atoms with van der Waals surface area (Å²) in [6, 6.07) is 0. The number of nitrogens with one attached hydrogen (secondary N) is 4. The Hall–Kier alpha value is -1.22. The average molecular weight is 200 g/mol. The van der Waals surface area contributed by atoms with Crippen LogP contribution in [0.2, 0.25) is 0 Å². The number of aliphatic imine (C=N–C) groups is 2. The van der Waals surface area contributed by atoms with Crippen molar-refractivity contribution in [1.82, 2.24) is 21.6 Å². The second-order valence-electron chi connectivity index (χ2n) is 2.98. The lowest BCUT2D eigenvalue weighted by molar-refractivity contribution is 0.216. The molecule has 1 fully saturated rings. The lowest BCUT2D eigenvalue weighted by atomic mass is 10.2. The first-order chi connectivity index (χ1) is 6.85. The van der Waals surface area contributed by atoms with Crippen LogP contribution in [0.25, 0.3) is 0 Å². The summed E-state index contributed by atoms with van der Waals surface area (Å²) in [4.78, 5) is 8.21. The summed E-state index contributed by atoms with van der Waals surface area (Å²) in [6.07, 6.45) is -0.425. The van der Waals surface area contributed by atoms with Crippen molar-refractivity contribution in [3.63, 3.8) is 0 Å². The number of amidine groups is 2. The first-order valence-corrected chi connectivity index (χ1v) is 4.28. The normalized spacial score (nSPS) is 31.3. The van der Waals surface area contributed by atoms with Gasteiger partial charge in [0.05, 0.1) is 0 Å². The second-order valence-corrected chi connectivity index (χ2v) is 2.98. The lowest BCUT2D eigenvalue weighted by Crippen LogP contribution is -2.58. The van der Waals surface area contributed by atoms with E-state index >= 15 is 0 Å². The third-order valence-corrected chi connectivity index (χ3v) is 2.10. The minimum Gasteiger partial charge on any atom is -0.291 e. The molecule has 0 aromatic rings. The van der Waals surface area contributed by atoms with Crippen LogP contribution in [-0.2, 0) is 0 Å². The Kier molecular flexibility index (Phi) is 2.59. The fourth-order valence-corrected chi connectivity index (χ4v) is 1.46. The van der Waals surface area contributed by atoms with Crippen LogP contribution in [0, 0.1) is 0 Å². The molecule has 0 saturated carbocycles. The van der Waals surface area contributed by atoms with Gasteiger partial charge in [-0.1, -0.05) is 0 Å². The maximum atomic E-state index is 8.72. The van der Waals surface area contributed by atoms with Crippen molar-refractivity contribution in [3.8, 4) is 0 Å². The molecule has 1 saturated heterocycles. The molecule has 0 radical (unpaired) electrons. The Balaban J connectivity index is 2.19. The molecule has 2 rings (SSSR count). The Morgan fingerprint density at radius 1 is 1.00 bits per heavy atom. The fraction of sp³-hybridized carbons (Fsp3) is 0.667. The predicted molar refractivity (Wildman–Crippen MR) is 48.3 cm³/mol. The third kappa shape index (κ3) is 1.55. The third-order valence-electron chi connectivity index (χ3n) is 2.10. The van der Waals surface area contributed by atoms with Gasteiger partial charge in [0.1, 0.15) is 12.3 Å². The zero-order valence-electron chi connectivity index (χ0n) is 7.36. The van der Waals surface area contributed by atoms with Gasteiger partial charge in [0.15, 0.2) is 11.7 Å². The number of hydrogen-bond donors (Lipinski definition) is 6. The van der Waals surface area contributed by atoms with Crippen molar-refractivity contribution >= 4 is 11.7 Å². The van der Waals surface area contributed by atoms with E-state index in [9.17, 15) is 0 Å². The van der Waals surface area contributed by atoms with E-state index in [1.54, 1.807) is 0 Å². The number of hydrogen-bond acceptors (Lipinski definition) is 8. The quantitative estimate of drug-likeness (QED) is 0.243. The maximum Gasteiger partial charge on any atom is 0.191 e. The largest absolute Gasteiger partial charge is 0.291 e. The van der Waals surface area contributed by atoms with E-state index in [1.807, 2.05) is 11.0 Å². The summed E-state index contributed by atoms with van der Waals surface area (Å²) in [5.74, 6) is 0.231. The molecule has 0 aliphatic carbocycles. The Bertz CT molecular complexity index is 249. The highest BCUT2D eigenvalue weighted by Crippen LogP contribution is 2.06. The summed E-state index contributed by atoms with van der Waals surface area (Å²) in [7, 11) is 0. The van der Waals surface area contributed by atoms with Gasteiger partial charge in [0.25, 0.3) is 0 Å². The van der Waals surface area contributed by atoms with Gasteiger partial charge in [-0.3, -0.25) is 21.0 Å². The van der Waals surface area contributed by atoms with Gasteiger partial charge in [0, 0.05) is 13.1 Å². The van der Waals surface area contributed by atoms with E-state index in [1.165, 1.54) is 0 Å². The van der Waals surface area contributed by atoms with Crippen LogP contribution in [0.5, 0.6) is 0 Å². The molecule has 0 aromatic carbocycles. The highest BCUT2D eigenvalue weighted by Gasteiger charge is 2.29. The highest BCUT2D eigenvalue weighted by molar-refractivity contribution is 6.40. The summed E-state index contributed by atoms with van der Waals surface area (Å²) in [6.45, 7) is 1.58. The van der Waals surface area contributed by atoms with Crippen molar-refractivity contribution in [3.05, 3.63) is 0 Å². The molecule has 14 heavy (non-hydrogen) atoms. The zero-order chi connectivity index (χ0) is 9.97. The van der Waals surface area contributed by atoms with Crippen molar-refractivity contribution in [2.24, 2.45) is 9.98 Å². The van der Waals surface area contributed by atoms with Crippen molar-refractivity contribution in [1.29, 1.82) is 0 Å². The minimum atomic E-state index is -0.213. The SMILES string of the molecule is ONC1=N[C@H]2NCCN[C@@H]2N=C1NO. The minimum absolute atomic E-state index is 0.116. The standard InChI is InChI=1S/C6H12N6O2/c13-11-5-6(12-14)10-4-3(9-5)7-1-2-8-4/h3-4,7-8,13-14H,1-2H2,(H,9,11)(H,10,12)/t3-,4-/m1/s1. The number of nitrogens with zero attached hydrogens (tertiary/aromatic N) is 2. The number of rotatable bonds is 0. The van der Waals surface area contributed by atoms with Crippen molar-refractivity contribution < 1.29 is 10.4 Å². The van der Waals surface area contributed by atoms with E-state index in [0.717, 1.165) is 13.1 Å². The molecule has 8 nitrogen and oxygen atoms in total. The van der Waals surface area contributed by atoms with Crippen molar-refractivity contribution in [2.75, 3.05) is 13.1 Å². The van der Waals surface area contributed by atoms with Gasteiger partial charge in [-0.05, 0) is 0 Å². The molecule has 0 unspecified atom stereocenters. The molecule has 0 amide bonds. The highest BCUT2D eigenvalue weighted by atomic mass is 16.5. The van der Waals surface area contributed by atoms with Gasteiger partial charge in [-0.2, -0.15) is 0 Å². The molecule has 2 aliphatic heterocycles. The van der Waals surface area contributed by atoms with E-state index in [4.69, 9.17) is 10.4 Å². The maximum absolute atomic E-state index is 8.72. The van der Waals surface area contributed by atoms with Crippen molar-refractivity contribution in [2.45, 2.75) is 12.3 Å². The molecule has 6 N–H and O–H groups in total. The molecule has 0 aromatic heterocycles. The first-order valence-electron chi connectivity index (χ1n) is 4.28. The number of piperazine rings is 1. The van der Waals surface area contributed by atoms with Gasteiger partial charge >= 0.3 is 0 Å². The van der Waals surface area contributed by atoms with E-state index < -0.39 is 0 Å². The zero-order valence-corrected chi connectivity index (χ0v) is 7.36. The monoisotopic (exact) mass is 200 g/mol. The van der Waals surface area contributed by atoms with E-state index in [2.05, 4.69) is 20.6 Å². The van der Waals surface area contributed by atoms with Crippen LogP contribution < -0.4 is 21.6 Å². The molecule has 78 valence electrons. The lowest BCUT2D eigenvalue weighted by Gasteiger charge is -2.31. The smallest absolute Gasteiger partial charge is 0.191 e. The average Bonchev–Trinajstić information content (AvgIpc) is 2.27. The predicted octanol–water partition coefficient (Wildman–Crippen LogP) is -2.40.